The molecule has 0 atom stereocenters. The molecule has 5 aromatic rings. The highest BCUT2D eigenvalue weighted by atomic mass is 32.2. The van der Waals surface area contributed by atoms with E-state index in [4.69, 9.17) is 10.5 Å². The molecule has 3 heterocycles. The van der Waals surface area contributed by atoms with E-state index in [9.17, 15) is 8.42 Å². The highest BCUT2D eigenvalue weighted by Crippen LogP contribution is 2.38. The maximum absolute atomic E-state index is 13.3. The lowest BCUT2D eigenvalue weighted by atomic mass is 10.2. The molecule has 3 aromatic carbocycles. The summed E-state index contributed by atoms with van der Waals surface area (Å²) in [7, 11) is -3.67. The van der Waals surface area contributed by atoms with E-state index < -0.39 is 10.0 Å². The number of nitrogens with two attached hydrogens (primary N) is 1. The lowest BCUT2D eigenvalue weighted by molar-refractivity contribution is 0.428. The van der Waals surface area contributed by atoms with Gasteiger partial charge in [-0.25, -0.2) is 18.4 Å². The van der Waals surface area contributed by atoms with Crippen LogP contribution in [0.5, 0.6) is 11.5 Å². The van der Waals surface area contributed by atoms with Gasteiger partial charge in [-0.1, -0.05) is 36.4 Å². The van der Waals surface area contributed by atoms with E-state index in [1.54, 1.807) is 30.3 Å². The second-order valence-corrected chi connectivity index (χ2v) is 10.1. The van der Waals surface area contributed by atoms with Crippen molar-refractivity contribution in [3.05, 3.63) is 103 Å². The summed E-state index contributed by atoms with van der Waals surface area (Å²) in [6.45, 7) is 0.409. The minimum absolute atomic E-state index is 0.199. The van der Waals surface area contributed by atoms with Crippen molar-refractivity contribution in [2.75, 3.05) is 5.73 Å². The third kappa shape index (κ3) is 3.61. The average Bonchev–Trinajstić information content (AvgIpc) is 3.45. The maximum atomic E-state index is 13.3. The van der Waals surface area contributed by atoms with Crippen molar-refractivity contribution in [1.29, 1.82) is 0 Å². The first-order valence-electron chi connectivity index (χ1n) is 11.0. The highest BCUT2D eigenvalue weighted by molar-refractivity contribution is 7.89. The summed E-state index contributed by atoms with van der Waals surface area (Å²) in [5, 5.41) is 0. The number of fused-ring (bicyclic) bond motifs is 3. The molecule has 2 N–H and O–H groups in total. The predicted octanol–water partition coefficient (Wildman–Crippen LogP) is 4.50. The van der Waals surface area contributed by atoms with E-state index >= 15 is 0 Å². The van der Waals surface area contributed by atoms with Crippen molar-refractivity contribution >= 4 is 26.9 Å². The number of hydrogen-bond donors (Lipinski definition) is 1. The molecule has 8 nitrogen and oxygen atoms in total. The van der Waals surface area contributed by atoms with Gasteiger partial charge in [0.2, 0.25) is 10.0 Å². The van der Waals surface area contributed by atoms with E-state index in [2.05, 4.69) is 9.97 Å². The molecule has 174 valence electrons. The van der Waals surface area contributed by atoms with Crippen molar-refractivity contribution in [3.8, 4) is 17.2 Å². The predicted molar refractivity (Wildman–Crippen MR) is 133 cm³/mol. The van der Waals surface area contributed by atoms with Crippen LogP contribution in [0.4, 0.5) is 5.82 Å². The van der Waals surface area contributed by atoms with Crippen LogP contribution in [0.2, 0.25) is 0 Å². The fraction of sp³-hybridized carbons (Fsp3) is 0.0769. The van der Waals surface area contributed by atoms with Gasteiger partial charge in [0.25, 0.3) is 0 Å². The third-order valence-corrected chi connectivity index (χ3v) is 7.90. The van der Waals surface area contributed by atoms with Crippen LogP contribution < -0.4 is 10.5 Å². The zero-order chi connectivity index (χ0) is 24.0. The molecule has 6 rings (SSSR count). The standard InChI is InChI=1S/C26H21N5O3S/c27-26-25-24(28-17-29-26)22-15-30(35(32,33)21-9-5-2-6-10-21)16-23(22)31(25)18-11-13-20(14-12-18)34-19-7-3-1-4-8-19/h1-14,17H,15-16H2,(H2,27,28,29). The summed E-state index contributed by atoms with van der Waals surface area (Å²) in [6.07, 6.45) is 1.41. The first-order valence-corrected chi connectivity index (χ1v) is 12.5. The smallest absolute Gasteiger partial charge is 0.243 e. The Morgan fingerprint density at radius 1 is 0.800 bits per heavy atom. The van der Waals surface area contributed by atoms with Crippen molar-refractivity contribution in [3.63, 3.8) is 0 Å². The Labute approximate surface area is 202 Å². The van der Waals surface area contributed by atoms with Crippen LogP contribution in [0.1, 0.15) is 11.3 Å². The summed E-state index contributed by atoms with van der Waals surface area (Å²) >= 11 is 0. The number of aromatic nitrogens is 3. The molecule has 35 heavy (non-hydrogen) atoms. The van der Waals surface area contributed by atoms with Gasteiger partial charge in [-0.3, -0.25) is 0 Å². The Bertz CT molecular complexity index is 1630. The van der Waals surface area contributed by atoms with Crippen LogP contribution in [-0.4, -0.2) is 27.3 Å². The lowest BCUT2D eigenvalue weighted by Gasteiger charge is -2.18. The maximum Gasteiger partial charge on any atom is 0.243 e. The zero-order valence-corrected chi connectivity index (χ0v) is 19.4. The second-order valence-electron chi connectivity index (χ2n) is 8.21. The molecule has 0 aliphatic carbocycles. The van der Waals surface area contributed by atoms with Gasteiger partial charge in [0, 0.05) is 23.5 Å². The number of anilines is 1. The van der Waals surface area contributed by atoms with Crippen LogP contribution in [0.25, 0.3) is 16.7 Å². The van der Waals surface area contributed by atoms with Gasteiger partial charge in [-0.2, -0.15) is 4.31 Å². The van der Waals surface area contributed by atoms with E-state index in [0.717, 1.165) is 22.7 Å². The molecule has 0 spiro atoms. The molecule has 0 radical (unpaired) electrons. The number of ether oxygens (including phenoxy) is 1. The Morgan fingerprint density at radius 2 is 1.46 bits per heavy atom. The summed E-state index contributed by atoms with van der Waals surface area (Å²) in [6, 6.07) is 25.6. The second kappa shape index (κ2) is 8.23. The molecular formula is C26H21N5O3S. The topological polar surface area (TPSA) is 103 Å². The van der Waals surface area contributed by atoms with Crippen LogP contribution in [-0.2, 0) is 23.1 Å². The molecule has 1 aliphatic rings. The summed E-state index contributed by atoms with van der Waals surface area (Å²) in [5.74, 6) is 1.77. The van der Waals surface area contributed by atoms with E-state index in [1.165, 1.54) is 10.6 Å². The number of hydrogen-bond acceptors (Lipinski definition) is 6. The van der Waals surface area contributed by atoms with Gasteiger partial charge in [0.05, 0.1) is 17.0 Å². The van der Waals surface area contributed by atoms with Crippen LogP contribution in [0.15, 0.2) is 96.2 Å². The van der Waals surface area contributed by atoms with Crippen molar-refractivity contribution < 1.29 is 13.2 Å². The minimum Gasteiger partial charge on any atom is -0.457 e. The fourth-order valence-electron chi connectivity index (χ4n) is 4.46. The normalized spacial score (nSPS) is 13.7. The van der Waals surface area contributed by atoms with Gasteiger partial charge in [-0.05, 0) is 48.5 Å². The zero-order valence-electron chi connectivity index (χ0n) is 18.6. The molecule has 0 saturated heterocycles. The monoisotopic (exact) mass is 483 g/mol. The average molecular weight is 484 g/mol. The molecule has 1 aliphatic heterocycles. The summed E-state index contributed by atoms with van der Waals surface area (Å²) in [5.41, 5.74) is 10.1. The van der Waals surface area contributed by atoms with Gasteiger partial charge in [-0.15, -0.1) is 0 Å². The number of para-hydroxylation sites is 1. The van der Waals surface area contributed by atoms with Crippen molar-refractivity contribution in [2.24, 2.45) is 0 Å². The fourth-order valence-corrected chi connectivity index (χ4v) is 5.85. The molecule has 0 bridgehead atoms. The quantitative estimate of drug-likeness (QED) is 0.395. The first-order chi connectivity index (χ1) is 17.0. The Kier molecular flexibility index (Phi) is 5.01. The molecule has 9 heteroatoms. The number of nitrogen functional groups attached to an aromatic ring is 1. The van der Waals surface area contributed by atoms with Crippen molar-refractivity contribution in [1.82, 2.24) is 18.8 Å². The molecule has 2 aromatic heterocycles. The van der Waals surface area contributed by atoms with Crippen LogP contribution in [0.3, 0.4) is 0 Å². The van der Waals surface area contributed by atoms with Gasteiger partial charge < -0.3 is 15.0 Å². The van der Waals surface area contributed by atoms with Gasteiger partial charge >= 0.3 is 0 Å². The Balaban J connectivity index is 1.41. The Hall–Kier alpha value is -4.21. The van der Waals surface area contributed by atoms with Gasteiger partial charge in [0.15, 0.2) is 5.82 Å². The van der Waals surface area contributed by atoms with Gasteiger partial charge in [0.1, 0.15) is 23.3 Å². The van der Waals surface area contributed by atoms with Crippen LogP contribution >= 0.6 is 0 Å². The minimum atomic E-state index is -3.67. The van der Waals surface area contributed by atoms with Crippen molar-refractivity contribution in [2.45, 2.75) is 18.0 Å². The largest absolute Gasteiger partial charge is 0.457 e. The van der Waals surface area contributed by atoms with E-state index in [0.29, 0.717) is 22.6 Å². The molecular weight excluding hydrogens is 462 g/mol. The molecule has 0 fully saturated rings. The first kappa shape index (κ1) is 21.3. The summed E-state index contributed by atoms with van der Waals surface area (Å²) in [4.78, 5) is 8.91. The lowest BCUT2D eigenvalue weighted by Crippen LogP contribution is -2.26. The van der Waals surface area contributed by atoms with E-state index in [-0.39, 0.29) is 18.0 Å². The number of benzene rings is 3. The summed E-state index contributed by atoms with van der Waals surface area (Å²) < 4.78 is 36.0. The highest BCUT2D eigenvalue weighted by Gasteiger charge is 2.36. The molecule has 0 unspecified atom stereocenters. The number of sulfonamides is 1. The number of nitrogens with zero attached hydrogens (tertiary/aromatic N) is 4. The SMILES string of the molecule is Nc1ncnc2c3c(n(-c4ccc(Oc5ccccc5)cc4)c12)CN(S(=O)(=O)c1ccccc1)C3. The van der Waals surface area contributed by atoms with Crippen LogP contribution in [0, 0.1) is 0 Å². The van der Waals surface area contributed by atoms with E-state index in [1.807, 2.05) is 59.2 Å². The molecule has 0 saturated carbocycles. The number of rotatable bonds is 5. The molecule has 0 amide bonds. The Morgan fingerprint density at radius 3 is 2.17 bits per heavy atom. The third-order valence-electron chi connectivity index (χ3n) is 6.09.